The predicted molar refractivity (Wildman–Crippen MR) is 77.0 cm³/mol. The highest BCUT2D eigenvalue weighted by Gasteiger charge is 2.61. The van der Waals surface area contributed by atoms with Gasteiger partial charge in [-0.1, -0.05) is 0 Å². The standard InChI is InChI=1S/C17H21NO2/c1-9-4-12(7-15(20-3)10(9)2)17(19)18-8-13-5-11-6-14(18)16(11)13/h4,7,11,13-14,16H,5-6,8H2,1-3H3/t11?,13?,14?,16-/m1/s1. The van der Waals surface area contributed by atoms with Crippen molar-refractivity contribution >= 4 is 5.91 Å². The van der Waals surface area contributed by atoms with Crippen molar-refractivity contribution < 1.29 is 9.53 Å². The first-order chi connectivity index (χ1) is 9.60. The van der Waals surface area contributed by atoms with E-state index in [0.717, 1.165) is 46.7 Å². The second-order valence-electron chi connectivity index (χ2n) is 6.71. The van der Waals surface area contributed by atoms with Crippen molar-refractivity contribution in [1.29, 1.82) is 0 Å². The number of nitrogens with zero attached hydrogens (tertiary/aromatic N) is 1. The second kappa shape index (κ2) is 4.00. The van der Waals surface area contributed by atoms with Gasteiger partial charge in [-0.3, -0.25) is 4.79 Å². The summed E-state index contributed by atoms with van der Waals surface area (Å²) in [5.41, 5.74) is 3.03. The van der Waals surface area contributed by atoms with Crippen LogP contribution in [0.4, 0.5) is 0 Å². The molecule has 4 atom stereocenters. The van der Waals surface area contributed by atoms with Crippen molar-refractivity contribution in [3.05, 3.63) is 28.8 Å². The first-order valence-corrected chi connectivity index (χ1v) is 7.56. The molecule has 2 saturated carbocycles. The number of hydrogen-bond donors (Lipinski definition) is 0. The summed E-state index contributed by atoms with van der Waals surface area (Å²) in [7, 11) is 1.67. The highest BCUT2D eigenvalue weighted by atomic mass is 16.5. The monoisotopic (exact) mass is 271 g/mol. The molecule has 3 fully saturated rings. The average Bonchev–Trinajstić information content (AvgIpc) is 2.57. The largest absolute Gasteiger partial charge is 0.496 e. The summed E-state index contributed by atoms with van der Waals surface area (Å²) in [5, 5.41) is 0. The molecule has 0 bridgehead atoms. The maximum absolute atomic E-state index is 12.8. The lowest BCUT2D eigenvalue weighted by Gasteiger charge is -2.52. The highest BCUT2D eigenvalue weighted by molar-refractivity contribution is 5.95. The van der Waals surface area contributed by atoms with Crippen LogP contribution in [0.2, 0.25) is 0 Å². The van der Waals surface area contributed by atoms with E-state index in [1.165, 1.54) is 12.8 Å². The first kappa shape index (κ1) is 12.2. The van der Waals surface area contributed by atoms with Crippen LogP contribution in [-0.2, 0) is 0 Å². The Hall–Kier alpha value is -1.51. The van der Waals surface area contributed by atoms with Gasteiger partial charge in [0.1, 0.15) is 5.75 Å². The number of ether oxygens (including phenoxy) is 1. The number of carbonyl (C=O) groups is 1. The average molecular weight is 271 g/mol. The molecule has 20 heavy (non-hydrogen) atoms. The van der Waals surface area contributed by atoms with Gasteiger partial charge in [0.2, 0.25) is 0 Å². The molecule has 3 aliphatic rings. The Kier molecular flexibility index (Phi) is 2.45. The number of rotatable bonds is 2. The minimum Gasteiger partial charge on any atom is -0.496 e. The molecule has 1 aromatic rings. The summed E-state index contributed by atoms with van der Waals surface area (Å²) in [6.45, 7) is 5.05. The van der Waals surface area contributed by atoms with E-state index in [9.17, 15) is 4.79 Å². The van der Waals surface area contributed by atoms with Crippen molar-refractivity contribution in [1.82, 2.24) is 4.90 Å². The smallest absolute Gasteiger partial charge is 0.254 e. The van der Waals surface area contributed by atoms with Gasteiger partial charge in [0, 0.05) is 18.2 Å². The number of carbonyl (C=O) groups excluding carboxylic acids is 1. The Balaban J connectivity index is 1.64. The van der Waals surface area contributed by atoms with Crippen LogP contribution in [0.3, 0.4) is 0 Å². The number of benzene rings is 1. The van der Waals surface area contributed by atoms with Crippen LogP contribution in [0.1, 0.15) is 34.3 Å². The van der Waals surface area contributed by atoms with Crippen LogP contribution in [0.5, 0.6) is 5.75 Å². The molecule has 3 nitrogen and oxygen atoms in total. The molecule has 1 amide bonds. The summed E-state index contributed by atoms with van der Waals surface area (Å²) in [4.78, 5) is 14.9. The van der Waals surface area contributed by atoms with E-state index in [2.05, 4.69) is 4.90 Å². The summed E-state index contributed by atoms with van der Waals surface area (Å²) in [6, 6.07) is 4.44. The molecule has 3 heteroatoms. The summed E-state index contributed by atoms with van der Waals surface area (Å²) in [6.07, 6.45) is 2.58. The van der Waals surface area contributed by atoms with Crippen LogP contribution >= 0.6 is 0 Å². The van der Waals surface area contributed by atoms with Gasteiger partial charge in [-0.25, -0.2) is 0 Å². The Morgan fingerprint density at radius 1 is 1.25 bits per heavy atom. The fraction of sp³-hybridized carbons (Fsp3) is 0.588. The quantitative estimate of drug-likeness (QED) is 0.828. The van der Waals surface area contributed by atoms with Crippen molar-refractivity contribution in [3.63, 3.8) is 0 Å². The predicted octanol–water partition coefficient (Wildman–Crippen LogP) is 2.79. The van der Waals surface area contributed by atoms with Crippen LogP contribution in [0.25, 0.3) is 0 Å². The van der Waals surface area contributed by atoms with E-state index >= 15 is 0 Å². The Morgan fingerprint density at radius 2 is 2.05 bits per heavy atom. The molecule has 0 spiro atoms. The Morgan fingerprint density at radius 3 is 2.70 bits per heavy atom. The van der Waals surface area contributed by atoms with E-state index in [0.29, 0.717) is 6.04 Å². The molecule has 106 valence electrons. The molecular formula is C17H21NO2. The molecule has 1 aliphatic heterocycles. The van der Waals surface area contributed by atoms with Crippen molar-refractivity contribution in [3.8, 4) is 5.75 Å². The maximum atomic E-state index is 12.8. The topological polar surface area (TPSA) is 29.5 Å². The maximum Gasteiger partial charge on any atom is 0.254 e. The molecule has 1 saturated heterocycles. The third-order valence-electron chi connectivity index (χ3n) is 5.86. The summed E-state index contributed by atoms with van der Waals surface area (Å²) < 4.78 is 5.40. The third kappa shape index (κ3) is 1.44. The lowest BCUT2D eigenvalue weighted by Crippen LogP contribution is -2.53. The fourth-order valence-electron chi connectivity index (χ4n) is 4.53. The number of likely N-dealkylation sites (tertiary alicyclic amines) is 1. The van der Waals surface area contributed by atoms with Gasteiger partial charge in [-0.15, -0.1) is 0 Å². The lowest BCUT2D eigenvalue weighted by molar-refractivity contribution is -0.0204. The highest BCUT2D eigenvalue weighted by Crippen LogP contribution is 2.60. The van der Waals surface area contributed by atoms with Crippen molar-refractivity contribution in [2.75, 3.05) is 13.7 Å². The zero-order valence-electron chi connectivity index (χ0n) is 12.3. The molecule has 0 radical (unpaired) electrons. The van der Waals surface area contributed by atoms with Gasteiger partial charge in [-0.2, -0.15) is 0 Å². The van der Waals surface area contributed by atoms with E-state index in [1.807, 2.05) is 26.0 Å². The molecule has 3 unspecified atom stereocenters. The van der Waals surface area contributed by atoms with Crippen LogP contribution in [0, 0.1) is 31.6 Å². The lowest BCUT2D eigenvalue weighted by atomic mass is 9.53. The van der Waals surface area contributed by atoms with Crippen molar-refractivity contribution in [2.24, 2.45) is 17.8 Å². The molecule has 4 rings (SSSR count). The second-order valence-corrected chi connectivity index (χ2v) is 6.71. The van der Waals surface area contributed by atoms with Gasteiger partial charge >= 0.3 is 0 Å². The number of methoxy groups -OCH3 is 1. The summed E-state index contributed by atoms with van der Waals surface area (Å²) in [5.74, 6) is 3.56. The van der Waals surface area contributed by atoms with Crippen molar-refractivity contribution in [2.45, 2.75) is 32.7 Å². The molecule has 0 N–H and O–H groups in total. The van der Waals surface area contributed by atoms with Gasteiger partial charge in [0.05, 0.1) is 7.11 Å². The Labute approximate surface area is 119 Å². The first-order valence-electron chi connectivity index (χ1n) is 7.56. The van der Waals surface area contributed by atoms with Crippen LogP contribution < -0.4 is 4.74 Å². The number of hydrogen-bond acceptors (Lipinski definition) is 2. The van der Waals surface area contributed by atoms with Crippen LogP contribution in [-0.4, -0.2) is 30.5 Å². The molecule has 1 heterocycles. The van der Waals surface area contributed by atoms with E-state index < -0.39 is 0 Å². The molecule has 1 aromatic carbocycles. The van der Waals surface area contributed by atoms with E-state index in [1.54, 1.807) is 7.11 Å². The minimum absolute atomic E-state index is 0.198. The van der Waals surface area contributed by atoms with Gasteiger partial charge < -0.3 is 9.64 Å². The normalized spacial score (nSPS) is 33.2. The Bertz CT molecular complexity index is 595. The van der Waals surface area contributed by atoms with Gasteiger partial charge in [-0.05, 0) is 67.7 Å². The minimum atomic E-state index is 0.198. The van der Waals surface area contributed by atoms with Gasteiger partial charge in [0.25, 0.3) is 5.91 Å². The number of aryl methyl sites for hydroxylation is 1. The zero-order chi connectivity index (χ0) is 14.0. The van der Waals surface area contributed by atoms with E-state index in [4.69, 9.17) is 4.74 Å². The van der Waals surface area contributed by atoms with Gasteiger partial charge in [0.15, 0.2) is 0 Å². The number of amides is 1. The molecule has 0 aromatic heterocycles. The molecular weight excluding hydrogens is 250 g/mol. The zero-order valence-corrected chi connectivity index (χ0v) is 12.3. The third-order valence-corrected chi connectivity index (χ3v) is 5.86. The molecule has 2 aliphatic carbocycles. The van der Waals surface area contributed by atoms with E-state index in [-0.39, 0.29) is 5.91 Å². The SMILES string of the molecule is COc1cc(C(=O)N2CC3CC4CC2[C@H]43)cc(C)c1C. The fourth-order valence-corrected chi connectivity index (χ4v) is 4.53. The summed E-state index contributed by atoms with van der Waals surface area (Å²) >= 11 is 0. The van der Waals surface area contributed by atoms with Crippen LogP contribution in [0.15, 0.2) is 12.1 Å².